The molecule has 1 fully saturated rings. The third-order valence-corrected chi connectivity index (χ3v) is 7.32. The second-order valence-corrected chi connectivity index (χ2v) is 9.12. The molecule has 0 bridgehead atoms. The van der Waals surface area contributed by atoms with Crippen molar-refractivity contribution in [3.05, 3.63) is 73.1 Å². The quantitative estimate of drug-likeness (QED) is 0.449. The summed E-state index contributed by atoms with van der Waals surface area (Å²) in [5.41, 5.74) is 6.06. The lowest BCUT2D eigenvalue weighted by Gasteiger charge is -2.28. The first-order valence-electron chi connectivity index (χ1n) is 9.96. The second kappa shape index (κ2) is 7.55. The molecule has 2 aromatic carbocycles. The van der Waals surface area contributed by atoms with Crippen LogP contribution < -0.4 is 16.7 Å². The number of nitrogens with two attached hydrogens (primary N) is 1. The van der Waals surface area contributed by atoms with Crippen LogP contribution in [0, 0.1) is 11.6 Å². The van der Waals surface area contributed by atoms with Gasteiger partial charge in [0.05, 0.1) is 15.9 Å². The van der Waals surface area contributed by atoms with Gasteiger partial charge in [0.15, 0.2) is 0 Å². The Morgan fingerprint density at radius 2 is 1.77 bits per heavy atom. The summed E-state index contributed by atoms with van der Waals surface area (Å²) in [6.45, 7) is 0. The fourth-order valence-electron chi connectivity index (χ4n) is 4.52. The molecule has 0 radical (unpaired) electrons. The zero-order valence-corrected chi connectivity index (χ0v) is 17.8. The Labute approximate surface area is 184 Å². The average Bonchev–Trinajstić information content (AvgIpc) is 3.13. The number of H-pyrrole nitrogens is 1. The van der Waals surface area contributed by atoms with Gasteiger partial charge in [-0.3, -0.25) is 18.5 Å². The molecule has 3 N–H and O–H groups in total. The van der Waals surface area contributed by atoms with E-state index < -0.39 is 22.6 Å². The van der Waals surface area contributed by atoms with Gasteiger partial charge in [-0.2, -0.15) is 0 Å². The predicted molar refractivity (Wildman–Crippen MR) is 120 cm³/mol. The fraction of sp³-hybridized carbons (Fsp3) is 0.273. The molecule has 0 amide bonds. The number of aromatic amines is 1. The normalized spacial score (nSPS) is 19.4. The lowest BCUT2D eigenvalue weighted by atomic mass is 9.81. The maximum atomic E-state index is 15.3. The van der Waals surface area contributed by atoms with Crippen molar-refractivity contribution >= 4 is 44.3 Å². The number of fused-ring (bicyclic) bond motifs is 2. The summed E-state index contributed by atoms with van der Waals surface area (Å²) in [6, 6.07) is 6.88. The zero-order chi connectivity index (χ0) is 21.9. The van der Waals surface area contributed by atoms with Gasteiger partial charge >= 0.3 is 0 Å². The van der Waals surface area contributed by atoms with E-state index >= 15 is 4.39 Å². The van der Waals surface area contributed by atoms with Crippen LogP contribution in [0.25, 0.3) is 26.8 Å². The Hall–Kier alpha value is -2.55. The highest BCUT2D eigenvalue weighted by molar-refractivity contribution is 7.12. The van der Waals surface area contributed by atoms with Gasteiger partial charge < -0.3 is 5.73 Å². The van der Waals surface area contributed by atoms with E-state index in [9.17, 15) is 14.0 Å². The van der Waals surface area contributed by atoms with E-state index in [1.54, 1.807) is 4.57 Å². The van der Waals surface area contributed by atoms with Crippen molar-refractivity contribution in [3.8, 4) is 5.69 Å². The fourth-order valence-corrected chi connectivity index (χ4v) is 5.82. The van der Waals surface area contributed by atoms with Crippen molar-refractivity contribution in [1.29, 1.82) is 0 Å². The molecule has 1 aliphatic carbocycles. The van der Waals surface area contributed by atoms with E-state index in [4.69, 9.17) is 17.3 Å². The monoisotopic (exact) mass is 461 g/mol. The number of halogens is 3. The number of nitrogens with zero attached hydrogens (tertiary/aromatic N) is 1. The van der Waals surface area contributed by atoms with Crippen LogP contribution in [0.5, 0.6) is 0 Å². The van der Waals surface area contributed by atoms with E-state index in [1.807, 2.05) is 0 Å². The van der Waals surface area contributed by atoms with Crippen molar-refractivity contribution < 1.29 is 8.78 Å². The van der Waals surface area contributed by atoms with Gasteiger partial charge in [0.2, 0.25) is 5.43 Å². The maximum absolute atomic E-state index is 15.3. The number of rotatable bonds is 2. The molecule has 9 heteroatoms. The first kappa shape index (κ1) is 20.4. The number of nitrogens with one attached hydrogen (secondary N) is 1. The molecule has 2 heterocycles. The lowest BCUT2D eigenvalue weighted by Crippen LogP contribution is -2.26. The van der Waals surface area contributed by atoms with Crippen LogP contribution in [0.4, 0.5) is 8.78 Å². The van der Waals surface area contributed by atoms with Crippen molar-refractivity contribution in [2.45, 2.75) is 37.6 Å². The van der Waals surface area contributed by atoms with Gasteiger partial charge in [0, 0.05) is 17.3 Å². The Bertz CT molecular complexity index is 1430. The third kappa shape index (κ3) is 3.21. The lowest BCUT2D eigenvalue weighted by molar-refractivity contribution is 0.387. The van der Waals surface area contributed by atoms with Crippen LogP contribution in [0.1, 0.15) is 37.2 Å². The highest BCUT2D eigenvalue weighted by atomic mass is 35.5. The first-order chi connectivity index (χ1) is 14.9. The minimum absolute atomic E-state index is 0.0134. The molecule has 0 saturated heterocycles. The van der Waals surface area contributed by atoms with E-state index in [-0.39, 0.29) is 27.8 Å². The van der Waals surface area contributed by atoms with E-state index in [1.165, 1.54) is 30.3 Å². The third-order valence-electron chi connectivity index (χ3n) is 6.07. The van der Waals surface area contributed by atoms with Crippen LogP contribution in [-0.2, 0) is 0 Å². The zero-order valence-electron chi connectivity index (χ0n) is 16.3. The molecule has 0 atom stereocenters. The van der Waals surface area contributed by atoms with Gasteiger partial charge in [-0.05, 0) is 73.5 Å². The minimum Gasteiger partial charge on any atom is -0.328 e. The SMILES string of the molecule is NC1CCC(c2c(F)cc3c(=O)c4c(=O)[nH]sc4n(-c4ccc(F)cc4)c3c2Cl)CC1. The van der Waals surface area contributed by atoms with Crippen LogP contribution in [0.2, 0.25) is 5.02 Å². The number of aromatic nitrogens is 2. The molecule has 2 aromatic heterocycles. The minimum atomic E-state index is -0.580. The van der Waals surface area contributed by atoms with Gasteiger partial charge in [0.1, 0.15) is 21.9 Å². The largest absolute Gasteiger partial charge is 0.328 e. The van der Waals surface area contributed by atoms with Crippen LogP contribution in [0.15, 0.2) is 39.9 Å². The predicted octanol–water partition coefficient (Wildman–Crippen LogP) is 4.81. The molecular weight excluding hydrogens is 444 g/mol. The Morgan fingerprint density at radius 3 is 2.45 bits per heavy atom. The summed E-state index contributed by atoms with van der Waals surface area (Å²) in [5, 5.41) is 0.0767. The summed E-state index contributed by atoms with van der Waals surface area (Å²) >= 11 is 7.78. The van der Waals surface area contributed by atoms with E-state index in [0.29, 0.717) is 34.4 Å². The number of hydrogen-bond donors (Lipinski definition) is 2. The summed E-state index contributed by atoms with van der Waals surface area (Å²) in [7, 11) is 0. The maximum Gasteiger partial charge on any atom is 0.271 e. The van der Waals surface area contributed by atoms with Gasteiger partial charge in [-0.25, -0.2) is 8.78 Å². The number of benzene rings is 2. The van der Waals surface area contributed by atoms with Crippen LogP contribution >= 0.6 is 23.1 Å². The van der Waals surface area contributed by atoms with Crippen molar-refractivity contribution in [2.75, 3.05) is 0 Å². The van der Waals surface area contributed by atoms with Gasteiger partial charge in [-0.1, -0.05) is 11.6 Å². The number of hydrogen-bond acceptors (Lipinski definition) is 4. The van der Waals surface area contributed by atoms with E-state index in [2.05, 4.69) is 4.37 Å². The van der Waals surface area contributed by atoms with E-state index in [0.717, 1.165) is 24.4 Å². The molecule has 0 aliphatic heterocycles. The molecule has 4 aromatic rings. The van der Waals surface area contributed by atoms with Gasteiger partial charge in [-0.15, -0.1) is 0 Å². The number of pyridine rings is 1. The molecule has 5 rings (SSSR count). The topological polar surface area (TPSA) is 80.9 Å². The highest BCUT2D eigenvalue weighted by Gasteiger charge is 2.28. The molecule has 160 valence electrons. The van der Waals surface area contributed by atoms with Crippen LogP contribution in [-0.4, -0.2) is 15.0 Å². The smallest absolute Gasteiger partial charge is 0.271 e. The summed E-state index contributed by atoms with van der Waals surface area (Å²) < 4.78 is 33.0. The molecule has 5 nitrogen and oxygen atoms in total. The molecule has 31 heavy (non-hydrogen) atoms. The Morgan fingerprint density at radius 1 is 1.10 bits per heavy atom. The molecule has 0 unspecified atom stereocenters. The molecular formula is C22H18ClF2N3O2S. The standard InChI is InChI=1S/C22H18ClF2N3O2S/c23-18-16(10-1-5-12(26)6-2-10)15(25)9-14-19(18)28(13-7-3-11(24)4-8-13)22-17(20(14)29)21(30)27-31-22/h3-4,7-10,12H,1-2,5-6,26H2,(H,27,30). The van der Waals surface area contributed by atoms with Crippen molar-refractivity contribution in [2.24, 2.45) is 5.73 Å². The summed E-state index contributed by atoms with van der Waals surface area (Å²) in [5.74, 6) is -1.11. The van der Waals surface area contributed by atoms with Crippen molar-refractivity contribution in [3.63, 3.8) is 0 Å². The molecule has 1 aliphatic rings. The average molecular weight is 462 g/mol. The Kier molecular flexibility index (Phi) is 4.96. The molecule has 1 saturated carbocycles. The highest BCUT2D eigenvalue weighted by Crippen LogP contribution is 2.41. The summed E-state index contributed by atoms with van der Waals surface area (Å²) in [6.07, 6.45) is 2.93. The summed E-state index contributed by atoms with van der Waals surface area (Å²) in [4.78, 5) is 25.8. The molecule has 0 spiro atoms. The van der Waals surface area contributed by atoms with Gasteiger partial charge in [0.25, 0.3) is 5.56 Å². The first-order valence-corrected chi connectivity index (χ1v) is 11.2. The van der Waals surface area contributed by atoms with Crippen molar-refractivity contribution in [1.82, 2.24) is 8.94 Å². The van der Waals surface area contributed by atoms with Crippen LogP contribution in [0.3, 0.4) is 0 Å². The Balaban J connectivity index is 1.91. The second-order valence-electron chi connectivity index (χ2n) is 7.95.